The second-order valence-corrected chi connectivity index (χ2v) is 10.1. The van der Waals surface area contributed by atoms with E-state index in [-0.39, 0.29) is 12.0 Å². The fourth-order valence-corrected chi connectivity index (χ4v) is 5.01. The van der Waals surface area contributed by atoms with Crippen LogP contribution in [-0.4, -0.2) is 67.0 Å². The zero-order valence-corrected chi connectivity index (χ0v) is 21.8. The highest BCUT2D eigenvalue weighted by Crippen LogP contribution is 2.33. The lowest BCUT2D eigenvalue weighted by atomic mass is 9.99. The molecule has 0 amide bonds. The molecule has 8 heteroatoms. The van der Waals surface area contributed by atoms with E-state index in [9.17, 15) is 4.79 Å². The largest absolute Gasteiger partial charge is 0.496 e. The zero-order valence-electron chi connectivity index (χ0n) is 21.8. The summed E-state index contributed by atoms with van der Waals surface area (Å²) in [5, 5.41) is 4.35. The van der Waals surface area contributed by atoms with Crippen LogP contribution in [0.1, 0.15) is 38.7 Å². The molecule has 2 unspecified atom stereocenters. The number of ether oxygens (including phenoxy) is 1. The van der Waals surface area contributed by atoms with Crippen LogP contribution in [0.25, 0.3) is 10.9 Å². The average molecular weight is 491 g/mol. The van der Waals surface area contributed by atoms with E-state index in [2.05, 4.69) is 65.1 Å². The van der Waals surface area contributed by atoms with Gasteiger partial charge in [-0.1, -0.05) is 20.8 Å². The van der Waals surface area contributed by atoms with Gasteiger partial charge in [0.1, 0.15) is 12.0 Å². The van der Waals surface area contributed by atoms with Crippen LogP contribution in [0.4, 0.5) is 17.3 Å². The molecule has 3 N–H and O–H groups in total. The highest BCUT2D eigenvalue weighted by molar-refractivity contribution is 5.85. The number of anilines is 3. The SMILES string of the molecule is COc1ccc2cnc(Nc3ccc(N4CCN(CC(C)CC(N)C=O)CC4)cc3)nc2c1C(C)C. The molecule has 2 aromatic carbocycles. The summed E-state index contributed by atoms with van der Waals surface area (Å²) in [5.74, 6) is 2.12. The second kappa shape index (κ2) is 11.7. The number of aromatic nitrogens is 2. The molecule has 4 rings (SSSR count). The molecule has 1 aliphatic rings. The Kier molecular flexibility index (Phi) is 8.38. The van der Waals surface area contributed by atoms with E-state index in [1.807, 2.05) is 18.3 Å². The van der Waals surface area contributed by atoms with Gasteiger partial charge in [0.2, 0.25) is 5.95 Å². The smallest absolute Gasteiger partial charge is 0.227 e. The number of rotatable bonds is 10. The molecule has 0 saturated carbocycles. The number of fused-ring (bicyclic) bond motifs is 1. The van der Waals surface area contributed by atoms with Crippen molar-refractivity contribution in [3.05, 3.63) is 48.2 Å². The van der Waals surface area contributed by atoms with Gasteiger partial charge < -0.3 is 25.5 Å². The maximum atomic E-state index is 10.8. The van der Waals surface area contributed by atoms with Gasteiger partial charge in [0.15, 0.2) is 0 Å². The van der Waals surface area contributed by atoms with Gasteiger partial charge in [0.25, 0.3) is 0 Å². The van der Waals surface area contributed by atoms with Crippen molar-refractivity contribution in [2.24, 2.45) is 11.7 Å². The Morgan fingerprint density at radius 1 is 1.08 bits per heavy atom. The molecule has 1 fully saturated rings. The van der Waals surface area contributed by atoms with Crippen molar-refractivity contribution in [3.8, 4) is 5.75 Å². The minimum Gasteiger partial charge on any atom is -0.496 e. The molecule has 0 bridgehead atoms. The average Bonchev–Trinajstić information content (AvgIpc) is 2.88. The van der Waals surface area contributed by atoms with E-state index >= 15 is 0 Å². The standard InChI is InChI=1S/C28H38N6O2/c1-19(2)26-25(36-4)10-5-21-16-30-28(32-27(21)26)31-23-6-8-24(9-7-23)34-13-11-33(12-14-34)17-20(3)15-22(29)18-35/h5-10,16,18-20,22H,11-15,17,29H2,1-4H3,(H,30,31,32). The van der Waals surface area contributed by atoms with Gasteiger partial charge in [-0.15, -0.1) is 0 Å². The van der Waals surface area contributed by atoms with Gasteiger partial charge >= 0.3 is 0 Å². The normalized spacial score (nSPS) is 16.2. The van der Waals surface area contributed by atoms with Gasteiger partial charge in [-0.3, -0.25) is 4.90 Å². The third kappa shape index (κ3) is 6.12. The molecule has 1 aromatic heterocycles. The van der Waals surface area contributed by atoms with E-state index in [1.54, 1.807) is 7.11 Å². The summed E-state index contributed by atoms with van der Waals surface area (Å²) in [6.07, 6.45) is 3.45. The van der Waals surface area contributed by atoms with Crippen LogP contribution in [0.5, 0.6) is 5.75 Å². The Morgan fingerprint density at radius 2 is 1.81 bits per heavy atom. The number of piperazine rings is 1. The molecule has 1 aliphatic heterocycles. The van der Waals surface area contributed by atoms with E-state index < -0.39 is 0 Å². The van der Waals surface area contributed by atoms with E-state index in [0.29, 0.717) is 11.9 Å². The number of carbonyl (C=O) groups excluding carboxylic acids is 1. The molecular weight excluding hydrogens is 452 g/mol. The van der Waals surface area contributed by atoms with Crippen LogP contribution < -0.4 is 20.7 Å². The number of aldehydes is 1. The molecule has 36 heavy (non-hydrogen) atoms. The van der Waals surface area contributed by atoms with Crippen molar-refractivity contribution in [3.63, 3.8) is 0 Å². The van der Waals surface area contributed by atoms with Crippen molar-refractivity contribution < 1.29 is 9.53 Å². The molecule has 0 radical (unpaired) electrons. The number of nitrogens with two attached hydrogens (primary N) is 1. The molecule has 1 saturated heterocycles. The van der Waals surface area contributed by atoms with Crippen LogP contribution in [0.3, 0.4) is 0 Å². The van der Waals surface area contributed by atoms with E-state index in [0.717, 1.165) is 73.3 Å². The first-order chi connectivity index (χ1) is 17.4. The Morgan fingerprint density at radius 3 is 2.44 bits per heavy atom. The summed E-state index contributed by atoms with van der Waals surface area (Å²) in [5.41, 5.74) is 9.95. The predicted molar refractivity (Wildman–Crippen MR) is 146 cm³/mol. The molecule has 3 aromatic rings. The van der Waals surface area contributed by atoms with Gasteiger partial charge in [0.05, 0.1) is 18.7 Å². The minimum atomic E-state index is -0.353. The Hall–Kier alpha value is -3.23. The maximum Gasteiger partial charge on any atom is 0.227 e. The van der Waals surface area contributed by atoms with Crippen LogP contribution in [0, 0.1) is 5.92 Å². The summed E-state index contributed by atoms with van der Waals surface area (Å²) in [7, 11) is 1.70. The van der Waals surface area contributed by atoms with Crippen molar-refractivity contribution in [2.45, 2.75) is 39.2 Å². The minimum absolute atomic E-state index is 0.281. The summed E-state index contributed by atoms with van der Waals surface area (Å²) in [6, 6.07) is 12.1. The predicted octanol–water partition coefficient (Wildman–Crippen LogP) is 4.18. The molecular formula is C28H38N6O2. The summed E-state index contributed by atoms with van der Waals surface area (Å²) >= 11 is 0. The third-order valence-corrected chi connectivity index (χ3v) is 6.83. The quantitative estimate of drug-likeness (QED) is 0.409. The topological polar surface area (TPSA) is 96.6 Å². The number of nitrogens with zero attached hydrogens (tertiary/aromatic N) is 4. The third-order valence-electron chi connectivity index (χ3n) is 6.83. The lowest BCUT2D eigenvalue weighted by Crippen LogP contribution is -2.48. The van der Waals surface area contributed by atoms with Crippen molar-refractivity contribution >= 4 is 34.5 Å². The number of benzene rings is 2. The molecule has 8 nitrogen and oxygen atoms in total. The van der Waals surface area contributed by atoms with E-state index in [1.165, 1.54) is 5.69 Å². The fourth-order valence-electron chi connectivity index (χ4n) is 5.01. The lowest BCUT2D eigenvalue weighted by Gasteiger charge is -2.37. The second-order valence-electron chi connectivity index (χ2n) is 10.1. The number of hydrogen-bond donors (Lipinski definition) is 2. The summed E-state index contributed by atoms with van der Waals surface area (Å²) < 4.78 is 5.58. The monoisotopic (exact) mass is 490 g/mol. The number of nitrogens with one attached hydrogen (secondary N) is 1. The molecule has 0 spiro atoms. The van der Waals surface area contributed by atoms with Gasteiger partial charge in [-0.2, -0.15) is 0 Å². The van der Waals surface area contributed by atoms with Crippen molar-refractivity contribution in [2.75, 3.05) is 50.1 Å². The molecule has 0 aliphatic carbocycles. The first kappa shape index (κ1) is 25.9. The van der Waals surface area contributed by atoms with Gasteiger partial charge in [-0.25, -0.2) is 9.97 Å². The van der Waals surface area contributed by atoms with Crippen LogP contribution in [0.15, 0.2) is 42.6 Å². The van der Waals surface area contributed by atoms with Gasteiger partial charge in [-0.05, 0) is 54.7 Å². The summed E-state index contributed by atoms with van der Waals surface area (Å²) in [6.45, 7) is 11.4. The van der Waals surface area contributed by atoms with Gasteiger partial charge in [0, 0.05) is 61.2 Å². The molecule has 192 valence electrons. The van der Waals surface area contributed by atoms with Crippen molar-refractivity contribution in [1.29, 1.82) is 0 Å². The first-order valence-electron chi connectivity index (χ1n) is 12.8. The summed E-state index contributed by atoms with van der Waals surface area (Å²) in [4.78, 5) is 25.0. The van der Waals surface area contributed by atoms with Crippen LogP contribution in [0.2, 0.25) is 0 Å². The van der Waals surface area contributed by atoms with Crippen molar-refractivity contribution in [1.82, 2.24) is 14.9 Å². The Balaban J connectivity index is 1.38. The highest BCUT2D eigenvalue weighted by Gasteiger charge is 2.20. The van der Waals surface area contributed by atoms with E-state index in [4.69, 9.17) is 15.5 Å². The first-order valence-corrected chi connectivity index (χ1v) is 12.8. The zero-order chi connectivity index (χ0) is 25.7. The fraction of sp³-hybridized carbons (Fsp3) is 0.464. The maximum absolute atomic E-state index is 10.8. The number of methoxy groups -OCH3 is 1. The molecule has 2 heterocycles. The molecule has 2 atom stereocenters. The Labute approximate surface area is 213 Å². The van der Waals surface area contributed by atoms with Crippen LogP contribution in [-0.2, 0) is 4.79 Å². The van der Waals surface area contributed by atoms with Crippen LogP contribution >= 0.6 is 0 Å². The number of hydrogen-bond acceptors (Lipinski definition) is 8. The Bertz CT molecular complexity index is 1160. The lowest BCUT2D eigenvalue weighted by molar-refractivity contribution is -0.109. The number of carbonyl (C=O) groups is 1. The highest BCUT2D eigenvalue weighted by atomic mass is 16.5.